The molecule has 20 heavy (non-hydrogen) atoms. The normalized spacial score (nSPS) is 10.3. The fourth-order valence-corrected chi connectivity index (χ4v) is 2.12. The fraction of sp³-hybridized carbons (Fsp3) is 0.133. The average molecular weight is 338 g/mol. The van der Waals surface area contributed by atoms with E-state index in [0.717, 1.165) is 11.1 Å². The topological polar surface area (TPSA) is 49.3 Å². The Morgan fingerprint density at radius 2 is 1.95 bits per heavy atom. The molecule has 0 saturated heterocycles. The predicted molar refractivity (Wildman–Crippen MR) is 77.6 cm³/mol. The summed E-state index contributed by atoms with van der Waals surface area (Å²) >= 11 is 3.14. The molecule has 0 aliphatic rings. The molecule has 5 heteroatoms. The lowest BCUT2D eigenvalue weighted by atomic mass is 10.1. The number of amides is 1. The van der Waals surface area contributed by atoms with Crippen LogP contribution in [0.3, 0.4) is 0 Å². The average Bonchev–Trinajstić information content (AvgIpc) is 2.45. The van der Waals surface area contributed by atoms with Crippen LogP contribution in [0.1, 0.15) is 21.5 Å². The van der Waals surface area contributed by atoms with E-state index in [0.29, 0.717) is 4.47 Å². The number of hydrogen-bond acceptors (Lipinski definition) is 2. The van der Waals surface area contributed by atoms with Crippen molar-refractivity contribution in [3.05, 3.63) is 69.4 Å². The number of hydrogen-bond donors (Lipinski definition) is 2. The number of carbonyl (C=O) groups excluding carboxylic acids is 1. The van der Waals surface area contributed by atoms with Gasteiger partial charge in [-0.25, -0.2) is 4.39 Å². The van der Waals surface area contributed by atoms with E-state index in [1.807, 2.05) is 6.07 Å². The Morgan fingerprint density at radius 1 is 1.20 bits per heavy atom. The van der Waals surface area contributed by atoms with E-state index in [4.69, 9.17) is 5.11 Å². The van der Waals surface area contributed by atoms with Gasteiger partial charge in [0.2, 0.25) is 0 Å². The van der Waals surface area contributed by atoms with Crippen molar-refractivity contribution in [3.8, 4) is 0 Å². The monoisotopic (exact) mass is 337 g/mol. The van der Waals surface area contributed by atoms with Gasteiger partial charge in [-0.2, -0.15) is 0 Å². The molecule has 0 radical (unpaired) electrons. The molecule has 0 spiro atoms. The van der Waals surface area contributed by atoms with Crippen molar-refractivity contribution >= 4 is 21.8 Å². The molecule has 1 amide bonds. The number of benzene rings is 2. The fourth-order valence-electron chi connectivity index (χ4n) is 1.79. The Labute approximate surface area is 124 Å². The van der Waals surface area contributed by atoms with Gasteiger partial charge in [0.05, 0.1) is 12.2 Å². The van der Waals surface area contributed by atoms with E-state index < -0.39 is 11.7 Å². The highest BCUT2D eigenvalue weighted by atomic mass is 79.9. The first-order valence-electron chi connectivity index (χ1n) is 6.02. The van der Waals surface area contributed by atoms with Crippen LogP contribution in [0.4, 0.5) is 4.39 Å². The molecule has 0 aliphatic heterocycles. The van der Waals surface area contributed by atoms with Gasteiger partial charge in [-0.05, 0) is 29.3 Å². The number of aliphatic hydroxyl groups excluding tert-OH is 1. The number of rotatable bonds is 4. The van der Waals surface area contributed by atoms with Gasteiger partial charge >= 0.3 is 0 Å². The molecule has 0 fully saturated rings. The summed E-state index contributed by atoms with van der Waals surface area (Å²) < 4.78 is 14.2. The summed E-state index contributed by atoms with van der Waals surface area (Å²) in [7, 11) is 0. The van der Waals surface area contributed by atoms with Crippen LogP contribution >= 0.6 is 15.9 Å². The minimum atomic E-state index is -0.569. The minimum Gasteiger partial charge on any atom is -0.392 e. The molecule has 2 N–H and O–H groups in total. The molecule has 2 rings (SSSR count). The number of halogens is 2. The van der Waals surface area contributed by atoms with Gasteiger partial charge in [-0.15, -0.1) is 0 Å². The molecule has 0 atom stereocenters. The van der Waals surface area contributed by atoms with Crippen molar-refractivity contribution in [2.24, 2.45) is 0 Å². The van der Waals surface area contributed by atoms with Crippen LogP contribution in [0.15, 0.2) is 46.9 Å². The van der Waals surface area contributed by atoms with Gasteiger partial charge in [0.25, 0.3) is 5.91 Å². The number of carbonyl (C=O) groups is 1. The third-order valence-electron chi connectivity index (χ3n) is 2.80. The van der Waals surface area contributed by atoms with Gasteiger partial charge < -0.3 is 10.4 Å². The maximum Gasteiger partial charge on any atom is 0.254 e. The van der Waals surface area contributed by atoms with Crippen LogP contribution < -0.4 is 5.32 Å². The predicted octanol–water partition coefficient (Wildman–Crippen LogP) is 3.01. The van der Waals surface area contributed by atoms with Crippen molar-refractivity contribution < 1.29 is 14.3 Å². The first kappa shape index (κ1) is 14.7. The van der Waals surface area contributed by atoms with E-state index in [1.165, 1.54) is 12.1 Å². The summed E-state index contributed by atoms with van der Waals surface area (Å²) in [5.41, 5.74) is 1.63. The lowest BCUT2D eigenvalue weighted by molar-refractivity contribution is 0.0947. The van der Waals surface area contributed by atoms with E-state index in [9.17, 15) is 9.18 Å². The molecule has 2 aromatic carbocycles. The highest BCUT2D eigenvalue weighted by Crippen LogP contribution is 2.15. The Balaban J connectivity index is 2.04. The van der Waals surface area contributed by atoms with Crippen LogP contribution in [0.25, 0.3) is 0 Å². The minimum absolute atomic E-state index is 0.00603. The van der Waals surface area contributed by atoms with E-state index >= 15 is 0 Å². The molecule has 3 nitrogen and oxygen atoms in total. The highest BCUT2D eigenvalue weighted by Gasteiger charge is 2.11. The van der Waals surface area contributed by atoms with Crippen LogP contribution in [-0.2, 0) is 13.2 Å². The number of aliphatic hydroxyl groups is 1. The summed E-state index contributed by atoms with van der Waals surface area (Å²) in [5.74, 6) is -1.04. The summed E-state index contributed by atoms with van der Waals surface area (Å²) in [5, 5.41) is 11.7. The lowest BCUT2D eigenvalue weighted by Crippen LogP contribution is -2.23. The Hall–Kier alpha value is -1.72. The van der Waals surface area contributed by atoms with E-state index in [-0.39, 0.29) is 18.7 Å². The van der Waals surface area contributed by atoms with Gasteiger partial charge in [-0.3, -0.25) is 4.79 Å². The van der Waals surface area contributed by atoms with Gasteiger partial charge in [0.15, 0.2) is 0 Å². The second-order valence-corrected chi connectivity index (χ2v) is 5.20. The summed E-state index contributed by atoms with van der Waals surface area (Å²) in [6.07, 6.45) is 0. The van der Waals surface area contributed by atoms with Crippen molar-refractivity contribution in [2.75, 3.05) is 0 Å². The summed E-state index contributed by atoms with van der Waals surface area (Å²) in [6.45, 7) is 0.227. The van der Waals surface area contributed by atoms with Crippen LogP contribution in [0.5, 0.6) is 0 Å². The third-order valence-corrected chi connectivity index (χ3v) is 3.30. The van der Waals surface area contributed by atoms with Gasteiger partial charge in [-0.1, -0.05) is 40.2 Å². The smallest absolute Gasteiger partial charge is 0.254 e. The zero-order valence-corrected chi connectivity index (χ0v) is 12.2. The van der Waals surface area contributed by atoms with E-state index in [2.05, 4.69) is 21.2 Å². The molecule has 2 aromatic rings. The highest BCUT2D eigenvalue weighted by molar-refractivity contribution is 9.10. The SMILES string of the molecule is O=C(NCc1cccc(CO)c1)c1ccc(Br)cc1F. The molecule has 0 aliphatic carbocycles. The van der Waals surface area contributed by atoms with Crippen molar-refractivity contribution in [3.63, 3.8) is 0 Å². The standard InChI is InChI=1S/C15H13BrFNO2/c16-12-4-5-13(14(17)7-12)15(20)18-8-10-2-1-3-11(6-10)9-19/h1-7,19H,8-9H2,(H,18,20). The van der Waals surface area contributed by atoms with Crippen LogP contribution in [0.2, 0.25) is 0 Å². The Morgan fingerprint density at radius 3 is 2.65 bits per heavy atom. The van der Waals surface area contributed by atoms with E-state index in [1.54, 1.807) is 24.3 Å². The molecule has 0 saturated carbocycles. The van der Waals surface area contributed by atoms with Crippen LogP contribution in [-0.4, -0.2) is 11.0 Å². The molecule has 0 aromatic heterocycles. The first-order valence-corrected chi connectivity index (χ1v) is 6.81. The molecular formula is C15H13BrFNO2. The maximum atomic E-state index is 13.6. The maximum absolute atomic E-state index is 13.6. The molecule has 0 bridgehead atoms. The van der Waals surface area contributed by atoms with Crippen molar-refractivity contribution in [1.82, 2.24) is 5.32 Å². The lowest BCUT2D eigenvalue weighted by Gasteiger charge is -2.07. The van der Waals surface area contributed by atoms with Gasteiger partial charge in [0.1, 0.15) is 5.82 Å². The molecule has 104 valence electrons. The van der Waals surface area contributed by atoms with Crippen molar-refractivity contribution in [2.45, 2.75) is 13.2 Å². The zero-order valence-electron chi connectivity index (χ0n) is 10.6. The Kier molecular flexibility index (Phi) is 4.87. The second-order valence-electron chi connectivity index (χ2n) is 4.28. The van der Waals surface area contributed by atoms with Crippen LogP contribution in [0, 0.1) is 5.82 Å². The molecular weight excluding hydrogens is 325 g/mol. The Bertz CT molecular complexity index is 631. The first-order chi connectivity index (χ1) is 9.60. The van der Waals surface area contributed by atoms with Gasteiger partial charge in [0, 0.05) is 11.0 Å². The number of nitrogens with one attached hydrogen (secondary N) is 1. The summed E-state index contributed by atoms with van der Waals surface area (Å²) in [6, 6.07) is 11.5. The third kappa shape index (κ3) is 3.65. The quantitative estimate of drug-likeness (QED) is 0.900. The van der Waals surface area contributed by atoms with Crippen molar-refractivity contribution in [1.29, 1.82) is 0 Å². The molecule has 0 heterocycles. The second kappa shape index (κ2) is 6.63. The summed E-state index contributed by atoms with van der Waals surface area (Å²) in [4.78, 5) is 11.9. The zero-order chi connectivity index (χ0) is 14.5. The largest absolute Gasteiger partial charge is 0.392 e. The molecule has 0 unspecified atom stereocenters.